The number of nitrogens with two attached hydrogens (primary N) is 1. The zero-order valence-electron chi connectivity index (χ0n) is 15.0. The molecule has 3 rings (SSSR count). The summed E-state index contributed by atoms with van der Waals surface area (Å²) >= 11 is 0. The van der Waals surface area contributed by atoms with Gasteiger partial charge in [-0.05, 0) is 36.8 Å². The van der Waals surface area contributed by atoms with Gasteiger partial charge in [0.2, 0.25) is 0 Å². The summed E-state index contributed by atoms with van der Waals surface area (Å²) in [6.07, 6.45) is 1.35. The van der Waals surface area contributed by atoms with E-state index in [1.165, 1.54) is 18.0 Å². The Morgan fingerprint density at radius 1 is 1.11 bits per heavy atom. The van der Waals surface area contributed by atoms with E-state index in [0.717, 1.165) is 5.56 Å². The molecule has 1 unspecified atom stereocenters. The predicted octanol–water partition coefficient (Wildman–Crippen LogP) is 2.73. The molecule has 138 valence electrons. The van der Waals surface area contributed by atoms with Crippen molar-refractivity contribution in [2.75, 3.05) is 12.8 Å². The molecule has 0 aliphatic heterocycles. The molecule has 3 aromatic rings. The average molecular weight is 364 g/mol. The van der Waals surface area contributed by atoms with Crippen molar-refractivity contribution in [3.05, 3.63) is 77.5 Å². The van der Waals surface area contributed by atoms with E-state index in [2.05, 4.69) is 15.2 Å². The summed E-state index contributed by atoms with van der Waals surface area (Å²) < 4.78 is 6.08. The minimum atomic E-state index is -0.551. The largest absolute Gasteiger partial charge is 0.465 e. The van der Waals surface area contributed by atoms with Crippen LogP contribution in [0.2, 0.25) is 0 Å². The van der Waals surface area contributed by atoms with Crippen molar-refractivity contribution in [2.24, 2.45) is 0 Å². The summed E-state index contributed by atoms with van der Waals surface area (Å²) in [6, 6.07) is 16.4. The Labute approximate surface area is 156 Å². The van der Waals surface area contributed by atoms with E-state index in [1.807, 2.05) is 37.3 Å². The van der Waals surface area contributed by atoms with Crippen LogP contribution in [0.3, 0.4) is 0 Å². The van der Waals surface area contributed by atoms with Gasteiger partial charge in [0.05, 0.1) is 25.0 Å². The number of carbonyl (C=O) groups excluding carboxylic acids is 2. The van der Waals surface area contributed by atoms with Crippen molar-refractivity contribution in [1.29, 1.82) is 0 Å². The highest BCUT2D eigenvalue weighted by molar-refractivity contribution is 5.95. The zero-order chi connectivity index (χ0) is 19.4. The van der Waals surface area contributed by atoms with Crippen LogP contribution >= 0.6 is 0 Å². The minimum Gasteiger partial charge on any atom is -0.465 e. The molecule has 27 heavy (non-hydrogen) atoms. The van der Waals surface area contributed by atoms with E-state index in [-0.39, 0.29) is 23.3 Å². The Morgan fingerprint density at radius 3 is 2.41 bits per heavy atom. The first kappa shape index (κ1) is 18.2. The number of aromatic nitrogens is 2. The smallest absolute Gasteiger partial charge is 0.343 e. The van der Waals surface area contributed by atoms with Gasteiger partial charge in [-0.15, -0.1) is 0 Å². The first-order valence-corrected chi connectivity index (χ1v) is 8.39. The fourth-order valence-electron chi connectivity index (χ4n) is 2.69. The van der Waals surface area contributed by atoms with E-state index >= 15 is 0 Å². The quantitative estimate of drug-likeness (QED) is 0.678. The van der Waals surface area contributed by atoms with Gasteiger partial charge in [0.25, 0.3) is 5.91 Å². The number of nitrogen functional groups attached to an aromatic ring is 1. The van der Waals surface area contributed by atoms with Crippen LogP contribution in [0.25, 0.3) is 5.69 Å². The van der Waals surface area contributed by atoms with Crippen molar-refractivity contribution in [3.8, 4) is 5.69 Å². The lowest BCUT2D eigenvalue weighted by Gasteiger charge is -2.14. The first-order valence-electron chi connectivity index (χ1n) is 8.39. The Morgan fingerprint density at radius 2 is 1.78 bits per heavy atom. The number of methoxy groups -OCH3 is 1. The van der Waals surface area contributed by atoms with Gasteiger partial charge in [-0.1, -0.05) is 30.3 Å². The molecule has 2 aromatic carbocycles. The number of hydrogen-bond acceptors (Lipinski definition) is 5. The molecule has 0 saturated carbocycles. The second-order valence-electron chi connectivity index (χ2n) is 6.00. The molecule has 0 radical (unpaired) electrons. The number of nitrogens with zero attached hydrogens (tertiary/aromatic N) is 2. The van der Waals surface area contributed by atoms with Gasteiger partial charge in [-0.2, -0.15) is 5.10 Å². The van der Waals surface area contributed by atoms with Gasteiger partial charge >= 0.3 is 5.97 Å². The van der Waals surface area contributed by atoms with Crippen LogP contribution in [-0.4, -0.2) is 28.8 Å². The monoisotopic (exact) mass is 364 g/mol. The summed E-state index contributed by atoms with van der Waals surface area (Å²) in [4.78, 5) is 24.1. The maximum absolute atomic E-state index is 12.5. The molecule has 0 aliphatic rings. The average Bonchev–Trinajstić information content (AvgIpc) is 3.09. The molecular weight excluding hydrogens is 344 g/mol. The Kier molecular flexibility index (Phi) is 5.21. The molecule has 3 N–H and O–H groups in total. The second-order valence-corrected chi connectivity index (χ2v) is 6.00. The van der Waals surface area contributed by atoms with Crippen molar-refractivity contribution < 1.29 is 14.3 Å². The third-order valence-electron chi connectivity index (χ3n) is 4.23. The van der Waals surface area contributed by atoms with Crippen LogP contribution in [0.5, 0.6) is 0 Å². The van der Waals surface area contributed by atoms with Crippen molar-refractivity contribution in [1.82, 2.24) is 15.1 Å². The van der Waals surface area contributed by atoms with Crippen molar-refractivity contribution >= 4 is 17.7 Å². The summed E-state index contributed by atoms with van der Waals surface area (Å²) in [6.45, 7) is 1.93. The maximum Gasteiger partial charge on any atom is 0.343 e. The summed E-state index contributed by atoms with van der Waals surface area (Å²) in [7, 11) is 1.28. The number of ether oxygens (including phenoxy) is 1. The van der Waals surface area contributed by atoms with Crippen LogP contribution in [-0.2, 0) is 4.74 Å². The van der Waals surface area contributed by atoms with Gasteiger partial charge in [0, 0.05) is 5.56 Å². The number of esters is 1. The number of nitrogens with one attached hydrogen (secondary N) is 1. The highest BCUT2D eigenvalue weighted by atomic mass is 16.5. The van der Waals surface area contributed by atoms with Crippen LogP contribution < -0.4 is 11.1 Å². The van der Waals surface area contributed by atoms with Crippen molar-refractivity contribution in [3.63, 3.8) is 0 Å². The molecule has 1 aromatic heterocycles. The maximum atomic E-state index is 12.5. The first-order chi connectivity index (χ1) is 13.0. The molecule has 0 saturated heterocycles. The van der Waals surface area contributed by atoms with E-state index in [4.69, 9.17) is 5.73 Å². The Balaban J connectivity index is 1.75. The molecule has 7 heteroatoms. The van der Waals surface area contributed by atoms with E-state index in [1.54, 1.807) is 24.3 Å². The molecule has 1 atom stereocenters. The molecule has 0 bridgehead atoms. The summed E-state index contributed by atoms with van der Waals surface area (Å²) in [5.74, 6) is -0.553. The van der Waals surface area contributed by atoms with Crippen LogP contribution in [0, 0.1) is 0 Å². The molecule has 7 nitrogen and oxygen atoms in total. The minimum absolute atomic E-state index is 0.109. The molecule has 1 heterocycles. The third-order valence-corrected chi connectivity index (χ3v) is 4.23. The molecular formula is C20H20N4O3. The summed E-state index contributed by atoms with van der Waals surface area (Å²) in [5, 5.41) is 7.07. The lowest BCUT2D eigenvalue weighted by Crippen LogP contribution is -2.26. The van der Waals surface area contributed by atoms with Crippen LogP contribution in [0.1, 0.15) is 39.2 Å². The number of amides is 1. The normalized spacial score (nSPS) is 11.6. The van der Waals surface area contributed by atoms with Gasteiger partial charge in [-0.25, -0.2) is 9.48 Å². The van der Waals surface area contributed by atoms with Crippen LogP contribution in [0.15, 0.2) is 60.8 Å². The number of benzene rings is 2. The van der Waals surface area contributed by atoms with Gasteiger partial charge < -0.3 is 15.8 Å². The fraction of sp³-hybridized carbons (Fsp3) is 0.150. The van der Waals surface area contributed by atoms with Gasteiger partial charge in [0.15, 0.2) is 0 Å². The lowest BCUT2D eigenvalue weighted by molar-refractivity contribution is 0.0601. The topological polar surface area (TPSA) is 99.2 Å². The number of hydrogen-bond donors (Lipinski definition) is 2. The SMILES string of the molecule is COC(=O)c1cnn(-c2ccc(C(=O)NC(C)c3ccccc3)cc2)c1N. The van der Waals surface area contributed by atoms with Crippen LogP contribution in [0.4, 0.5) is 5.82 Å². The standard InChI is InChI=1S/C20H20N4O3/c1-13(14-6-4-3-5-7-14)23-19(25)15-8-10-16(11-9-15)24-18(21)17(12-22-24)20(26)27-2/h3-13H,21H2,1-2H3,(H,23,25). The molecule has 1 amide bonds. The fourth-order valence-corrected chi connectivity index (χ4v) is 2.69. The number of carbonyl (C=O) groups is 2. The van der Waals surface area contributed by atoms with E-state index < -0.39 is 5.97 Å². The Bertz CT molecular complexity index is 949. The van der Waals surface area contributed by atoms with Gasteiger partial charge in [0.1, 0.15) is 11.4 Å². The highest BCUT2D eigenvalue weighted by Gasteiger charge is 2.17. The summed E-state index contributed by atoms with van der Waals surface area (Å²) in [5.41, 5.74) is 8.33. The highest BCUT2D eigenvalue weighted by Crippen LogP contribution is 2.19. The molecule has 0 aliphatic carbocycles. The third kappa shape index (κ3) is 3.82. The van der Waals surface area contributed by atoms with E-state index in [0.29, 0.717) is 11.3 Å². The predicted molar refractivity (Wildman–Crippen MR) is 102 cm³/mol. The Hall–Kier alpha value is -3.61. The van der Waals surface area contributed by atoms with E-state index in [9.17, 15) is 9.59 Å². The van der Waals surface area contributed by atoms with Gasteiger partial charge in [-0.3, -0.25) is 4.79 Å². The number of rotatable bonds is 5. The molecule has 0 spiro atoms. The second kappa shape index (κ2) is 7.74. The van der Waals surface area contributed by atoms with Crippen molar-refractivity contribution in [2.45, 2.75) is 13.0 Å². The number of anilines is 1. The molecule has 0 fully saturated rings. The lowest BCUT2D eigenvalue weighted by atomic mass is 10.1. The zero-order valence-corrected chi connectivity index (χ0v) is 15.0.